The number of halogens is 1. The quantitative estimate of drug-likeness (QED) is 0.789. The van der Waals surface area contributed by atoms with Gasteiger partial charge in [-0.1, -0.05) is 25.5 Å². The smallest absolute Gasteiger partial charge is 0.320 e. The van der Waals surface area contributed by atoms with Crippen LogP contribution < -0.4 is 5.32 Å². The zero-order valence-corrected chi connectivity index (χ0v) is 13.7. The summed E-state index contributed by atoms with van der Waals surface area (Å²) in [7, 11) is 0. The molecule has 0 bridgehead atoms. The van der Waals surface area contributed by atoms with Crippen molar-refractivity contribution in [2.45, 2.75) is 31.9 Å². The highest BCUT2D eigenvalue weighted by molar-refractivity contribution is 5.80. The van der Waals surface area contributed by atoms with Gasteiger partial charge in [0.15, 0.2) is 0 Å². The van der Waals surface area contributed by atoms with Gasteiger partial charge < -0.3 is 14.7 Å². The second-order valence-electron chi connectivity index (χ2n) is 5.81. The zero-order valence-electron chi connectivity index (χ0n) is 13.7. The van der Waals surface area contributed by atoms with Crippen molar-refractivity contribution in [3.8, 4) is 0 Å². The van der Waals surface area contributed by atoms with E-state index in [9.17, 15) is 14.0 Å². The van der Waals surface area contributed by atoms with Gasteiger partial charge in [-0.15, -0.1) is 0 Å². The molecule has 6 nitrogen and oxygen atoms in total. The zero-order chi connectivity index (χ0) is 17.5. The van der Waals surface area contributed by atoms with Gasteiger partial charge in [-0.25, -0.2) is 4.39 Å². The molecule has 24 heavy (non-hydrogen) atoms. The second-order valence-corrected chi connectivity index (χ2v) is 5.81. The van der Waals surface area contributed by atoms with Gasteiger partial charge in [0.2, 0.25) is 5.91 Å². The molecule has 0 aliphatic carbocycles. The number of nitrogens with zero attached hydrogens (tertiary/aromatic N) is 1. The number of ether oxygens (including phenoxy) is 1. The third kappa shape index (κ3) is 5.01. The number of benzene rings is 1. The van der Waals surface area contributed by atoms with Crippen molar-refractivity contribution < 1.29 is 23.8 Å². The third-order valence-electron chi connectivity index (χ3n) is 4.04. The molecule has 0 radical (unpaired) electrons. The van der Waals surface area contributed by atoms with Gasteiger partial charge in [-0.3, -0.25) is 14.9 Å². The molecule has 1 amide bonds. The van der Waals surface area contributed by atoms with Crippen molar-refractivity contribution in [1.29, 1.82) is 0 Å². The summed E-state index contributed by atoms with van der Waals surface area (Å²) in [5, 5.41) is 11.9. The van der Waals surface area contributed by atoms with Crippen LogP contribution in [0.15, 0.2) is 24.3 Å². The number of hydrogen-bond donors (Lipinski definition) is 2. The van der Waals surface area contributed by atoms with E-state index >= 15 is 0 Å². The van der Waals surface area contributed by atoms with Crippen LogP contribution in [0.3, 0.4) is 0 Å². The van der Waals surface area contributed by atoms with E-state index in [0.717, 1.165) is 12.0 Å². The van der Waals surface area contributed by atoms with E-state index in [0.29, 0.717) is 26.1 Å². The first-order valence-electron chi connectivity index (χ1n) is 8.12. The maximum Gasteiger partial charge on any atom is 0.320 e. The molecule has 2 atom stereocenters. The van der Waals surface area contributed by atoms with Crippen LogP contribution in [0.5, 0.6) is 0 Å². The lowest BCUT2D eigenvalue weighted by Gasteiger charge is -2.33. The summed E-state index contributed by atoms with van der Waals surface area (Å²) < 4.78 is 18.7. The molecule has 2 unspecified atom stereocenters. The van der Waals surface area contributed by atoms with Gasteiger partial charge in [0.05, 0.1) is 19.7 Å². The number of morpholine rings is 1. The van der Waals surface area contributed by atoms with Crippen LogP contribution in [0.4, 0.5) is 4.39 Å². The van der Waals surface area contributed by atoms with Crippen molar-refractivity contribution in [2.75, 3.05) is 26.2 Å². The number of carboxylic acids is 1. The van der Waals surface area contributed by atoms with Crippen molar-refractivity contribution >= 4 is 11.9 Å². The molecule has 0 aromatic heterocycles. The lowest BCUT2D eigenvalue weighted by molar-refractivity contribution is -0.141. The Labute approximate surface area is 140 Å². The molecular weight excluding hydrogens is 315 g/mol. The molecule has 0 spiro atoms. The topological polar surface area (TPSA) is 78.9 Å². The number of rotatable bonds is 7. The number of amides is 1. The fourth-order valence-electron chi connectivity index (χ4n) is 2.68. The van der Waals surface area contributed by atoms with Crippen LogP contribution in [-0.2, 0) is 14.3 Å². The van der Waals surface area contributed by atoms with Crippen LogP contribution in [0.1, 0.15) is 31.4 Å². The maximum atomic E-state index is 13.0. The molecule has 1 heterocycles. The average Bonchev–Trinajstić information content (AvgIpc) is 2.59. The molecular formula is C17H23FN2O4. The Bertz CT molecular complexity index is 564. The summed E-state index contributed by atoms with van der Waals surface area (Å²) in [6.45, 7) is 3.11. The molecule has 132 valence electrons. The van der Waals surface area contributed by atoms with Crippen LogP contribution in [0, 0.1) is 5.82 Å². The molecule has 1 aromatic rings. The van der Waals surface area contributed by atoms with Crippen molar-refractivity contribution in [3.63, 3.8) is 0 Å². The van der Waals surface area contributed by atoms with E-state index in [1.54, 1.807) is 17.0 Å². The van der Waals surface area contributed by atoms with E-state index in [1.165, 1.54) is 12.1 Å². The third-order valence-corrected chi connectivity index (χ3v) is 4.04. The van der Waals surface area contributed by atoms with Crippen molar-refractivity contribution in [2.24, 2.45) is 0 Å². The van der Waals surface area contributed by atoms with E-state index < -0.39 is 12.0 Å². The molecule has 7 heteroatoms. The Balaban J connectivity index is 1.90. The summed E-state index contributed by atoms with van der Waals surface area (Å²) in [4.78, 5) is 25.1. The lowest BCUT2D eigenvalue weighted by Crippen LogP contribution is -2.48. The minimum atomic E-state index is -0.948. The second kappa shape index (κ2) is 8.75. The number of carbonyl (C=O) groups excluding carboxylic acids is 1. The van der Waals surface area contributed by atoms with Crippen LogP contribution in [-0.4, -0.2) is 54.2 Å². The predicted molar refractivity (Wildman–Crippen MR) is 86.0 cm³/mol. The first-order valence-corrected chi connectivity index (χ1v) is 8.12. The molecule has 2 rings (SSSR count). The Morgan fingerprint density at radius 2 is 2.12 bits per heavy atom. The van der Waals surface area contributed by atoms with E-state index in [2.05, 4.69) is 5.32 Å². The van der Waals surface area contributed by atoms with E-state index in [-0.39, 0.29) is 24.4 Å². The molecule has 1 saturated heterocycles. The fraction of sp³-hybridized carbons (Fsp3) is 0.529. The Kier molecular flexibility index (Phi) is 6.69. The van der Waals surface area contributed by atoms with Gasteiger partial charge in [-0.05, 0) is 24.1 Å². The highest BCUT2D eigenvalue weighted by atomic mass is 19.1. The first-order chi connectivity index (χ1) is 11.5. The maximum absolute atomic E-state index is 13.0. The van der Waals surface area contributed by atoms with Gasteiger partial charge in [0, 0.05) is 6.54 Å². The normalized spacial score (nSPS) is 19.1. The summed E-state index contributed by atoms with van der Waals surface area (Å²) >= 11 is 0. The Hall–Kier alpha value is -1.99. The fourth-order valence-corrected chi connectivity index (χ4v) is 2.68. The molecule has 2 N–H and O–H groups in total. The van der Waals surface area contributed by atoms with E-state index in [1.807, 2.05) is 6.92 Å². The number of carbonyl (C=O) groups is 2. The molecule has 1 aliphatic heterocycles. The predicted octanol–water partition coefficient (Wildman–Crippen LogP) is 1.57. The van der Waals surface area contributed by atoms with Crippen LogP contribution >= 0.6 is 0 Å². The minimum absolute atomic E-state index is 0.0207. The summed E-state index contributed by atoms with van der Waals surface area (Å²) in [5.41, 5.74) is 0.816. The molecule has 1 fully saturated rings. The van der Waals surface area contributed by atoms with Gasteiger partial charge >= 0.3 is 5.97 Å². The molecule has 1 aliphatic rings. The van der Waals surface area contributed by atoms with Crippen molar-refractivity contribution in [3.05, 3.63) is 35.6 Å². The highest BCUT2D eigenvalue weighted by Gasteiger charge is 2.26. The van der Waals surface area contributed by atoms with Crippen molar-refractivity contribution in [1.82, 2.24) is 10.2 Å². The summed E-state index contributed by atoms with van der Waals surface area (Å²) in [6, 6.07) is 5.31. The van der Waals surface area contributed by atoms with Gasteiger partial charge in [0.25, 0.3) is 0 Å². The minimum Gasteiger partial charge on any atom is -0.480 e. The number of nitrogens with one attached hydrogen (secondary N) is 1. The Morgan fingerprint density at radius 3 is 2.75 bits per heavy atom. The standard InChI is InChI=1S/C17H23FN2O4/c1-2-3-14(17(22)23)19-10-16(21)20-8-9-24-15(11-20)12-4-6-13(18)7-5-12/h4-7,14-15,19H,2-3,8-11H2,1H3,(H,22,23). The highest BCUT2D eigenvalue weighted by Crippen LogP contribution is 2.22. The summed E-state index contributed by atoms with van der Waals surface area (Å²) in [5.74, 6) is -1.43. The summed E-state index contributed by atoms with van der Waals surface area (Å²) in [6.07, 6.45) is 0.904. The Morgan fingerprint density at radius 1 is 1.42 bits per heavy atom. The monoisotopic (exact) mass is 338 g/mol. The number of carboxylic acid groups (broad SMARTS) is 1. The first kappa shape index (κ1) is 18.4. The lowest BCUT2D eigenvalue weighted by atomic mass is 10.1. The van der Waals surface area contributed by atoms with Gasteiger partial charge in [0.1, 0.15) is 18.0 Å². The average molecular weight is 338 g/mol. The van der Waals surface area contributed by atoms with Crippen LogP contribution in [0.25, 0.3) is 0 Å². The van der Waals surface area contributed by atoms with E-state index in [4.69, 9.17) is 9.84 Å². The number of hydrogen-bond acceptors (Lipinski definition) is 4. The number of aliphatic carboxylic acids is 1. The van der Waals surface area contributed by atoms with Crippen LogP contribution in [0.2, 0.25) is 0 Å². The SMILES string of the molecule is CCCC(NCC(=O)N1CCOC(c2ccc(F)cc2)C1)C(=O)O. The molecule has 0 saturated carbocycles. The molecule has 1 aromatic carbocycles. The largest absolute Gasteiger partial charge is 0.480 e. The van der Waals surface area contributed by atoms with Gasteiger partial charge in [-0.2, -0.15) is 0 Å².